The Labute approximate surface area is 127 Å². The normalized spacial score (nSPS) is 18.8. The Morgan fingerprint density at radius 3 is 2.67 bits per heavy atom. The van der Waals surface area contributed by atoms with Crippen LogP contribution in [0.5, 0.6) is 0 Å². The van der Waals surface area contributed by atoms with Crippen molar-refractivity contribution < 1.29 is 31.5 Å². The van der Waals surface area contributed by atoms with Gasteiger partial charge in [-0.05, 0) is 22.0 Å². The highest BCUT2D eigenvalue weighted by Gasteiger charge is 2.31. The van der Waals surface area contributed by atoms with Crippen LogP contribution < -0.4 is 5.14 Å². The van der Waals surface area contributed by atoms with E-state index in [1.165, 1.54) is 0 Å². The Morgan fingerprint density at radius 1 is 1.48 bits per heavy atom. The summed E-state index contributed by atoms with van der Waals surface area (Å²) in [6.45, 7) is 0.485. The lowest BCUT2D eigenvalue weighted by Crippen LogP contribution is -2.22. The molecule has 1 heterocycles. The maximum absolute atomic E-state index is 14.2. The second kappa shape index (κ2) is 5.95. The van der Waals surface area contributed by atoms with Crippen molar-refractivity contribution in [2.45, 2.75) is 17.4 Å². The van der Waals surface area contributed by atoms with Crippen molar-refractivity contribution in [3.8, 4) is 0 Å². The predicted molar refractivity (Wildman–Crippen MR) is 70.1 cm³/mol. The minimum Gasteiger partial charge on any atom is -0.456 e. The van der Waals surface area contributed by atoms with Crippen molar-refractivity contribution in [2.75, 3.05) is 13.2 Å². The molecule has 116 valence electrons. The van der Waals surface area contributed by atoms with Gasteiger partial charge >= 0.3 is 5.97 Å². The number of ether oxygens (including phenoxy) is 2. The summed E-state index contributed by atoms with van der Waals surface area (Å²) in [5.74, 6) is -4.15. The molecule has 1 aliphatic rings. The highest BCUT2D eigenvalue weighted by atomic mass is 79.9. The third-order valence-corrected chi connectivity index (χ3v) is 4.63. The molecule has 1 aliphatic heterocycles. The van der Waals surface area contributed by atoms with Crippen LogP contribution in [-0.4, -0.2) is 33.7 Å². The minimum absolute atomic E-state index is 0.119. The summed E-state index contributed by atoms with van der Waals surface area (Å²) in [7, 11) is -4.49. The molecule has 1 aromatic rings. The number of nitrogens with two attached hydrogens (primary N) is 1. The summed E-state index contributed by atoms with van der Waals surface area (Å²) in [5, 5.41) is 4.85. The summed E-state index contributed by atoms with van der Waals surface area (Å²) in [6.07, 6.45) is -0.231. The van der Waals surface area contributed by atoms with Gasteiger partial charge in [0.25, 0.3) is 0 Å². The van der Waals surface area contributed by atoms with Gasteiger partial charge in [-0.1, -0.05) is 0 Å². The van der Waals surface area contributed by atoms with Gasteiger partial charge in [-0.3, -0.25) is 0 Å². The largest absolute Gasteiger partial charge is 0.456 e. The first-order chi connectivity index (χ1) is 9.71. The van der Waals surface area contributed by atoms with Crippen LogP contribution >= 0.6 is 15.9 Å². The fraction of sp³-hybridized carbons (Fsp3) is 0.364. The van der Waals surface area contributed by atoms with Crippen molar-refractivity contribution in [1.82, 2.24) is 0 Å². The smallest absolute Gasteiger partial charge is 0.344 e. The molecule has 0 amide bonds. The van der Waals surface area contributed by atoms with Gasteiger partial charge in [0.05, 0.1) is 13.2 Å². The average Bonchev–Trinajstić information content (AvgIpc) is 2.78. The monoisotopic (exact) mass is 385 g/mol. The van der Waals surface area contributed by atoms with E-state index in [4.69, 9.17) is 14.6 Å². The van der Waals surface area contributed by atoms with E-state index in [1.807, 2.05) is 0 Å². The molecule has 1 aromatic carbocycles. The summed E-state index contributed by atoms with van der Waals surface area (Å²) in [5.41, 5.74) is -1.10. The standard InChI is InChI=1S/C11H10BrF2NO5S/c12-6-3-7(13)8(9(14)10(6)21(15,17)18)11(16)20-5-1-2-19-4-5/h3,5H,1-2,4H2,(H2,15,17,18). The number of hydrogen-bond donors (Lipinski definition) is 1. The topological polar surface area (TPSA) is 95.7 Å². The van der Waals surface area contributed by atoms with E-state index >= 15 is 0 Å². The minimum atomic E-state index is -4.49. The number of rotatable bonds is 3. The Bertz CT molecular complexity index is 688. The van der Waals surface area contributed by atoms with Gasteiger partial charge in [0.2, 0.25) is 10.0 Å². The van der Waals surface area contributed by atoms with E-state index in [1.54, 1.807) is 0 Å². The number of halogens is 3. The number of hydrogen-bond acceptors (Lipinski definition) is 5. The molecule has 2 N–H and O–H groups in total. The first kappa shape index (κ1) is 16.3. The van der Waals surface area contributed by atoms with Crippen molar-refractivity contribution in [3.05, 3.63) is 27.7 Å². The zero-order valence-corrected chi connectivity index (χ0v) is 12.8. The van der Waals surface area contributed by atoms with E-state index < -0.39 is 48.7 Å². The van der Waals surface area contributed by atoms with Crippen LogP contribution in [-0.2, 0) is 19.5 Å². The van der Waals surface area contributed by atoms with Gasteiger partial charge in [0, 0.05) is 10.9 Å². The molecule has 0 bridgehead atoms. The van der Waals surface area contributed by atoms with Gasteiger partial charge in [-0.2, -0.15) is 0 Å². The summed E-state index contributed by atoms with van der Waals surface area (Å²) >= 11 is 2.69. The van der Waals surface area contributed by atoms with Gasteiger partial charge in [-0.25, -0.2) is 27.1 Å². The third-order valence-electron chi connectivity index (χ3n) is 2.78. The number of sulfonamides is 1. The maximum atomic E-state index is 14.2. The molecule has 0 saturated carbocycles. The molecule has 1 unspecified atom stereocenters. The number of carbonyl (C=O) groups is 1. The van der Waals surface area contributed by atoms with E-state index in [0.29, 0.717) is 19.1 Å². The molecular formula is C11H10BrF2NO5S. The number of primary sulfonamides is 1. The van der Waals surface area contributed by atoms with Crippen LogP contribution in [0.3, 0.4) is 0 Å². The van der Waals surface area contributed by atoms with Crippen LogP contribution in [0.1, 0.15) is 16.8 Å². The van der Waals surface area contributed by atoms with Gasteiger partial charge in [-0.15, -0.1) is 0 Å². The molecule has 0 aliphatic carbocycles. The second-order valence-corrected chi connectivity index (χ2v) is 6.65. The van der Waals surface area contributed by atoms with Crippen LogP contribution in [0.15, 0.2) is 15.4 Å². The molecule has 21 heavy (non-hydrogen) atoms. The fourth-order valence-electron chi connectivity index (χ4n) is 1.84. The Hall–Kier alpha value is -1.10. The lowest BCUT2D eigenvalue weighted by atomic mass is 10.2. The van der Waals surface area contributed by atoms with Crippen LogP contribution in [0.25, 0.3) is 0 Å². The van der Waals surface area contributed by atoms with Crippen molar-refractivity contribution in [2.24, 2.45) is 5.14 Å². The SMILES string of the molecule is NS(=O)(=O)c1c(Br)cc(F)c(C(=O)OC2CCOC2)c1F. The quantitative estimate of drug-likeness (QED) is 0.791. The lowest BCUT2D eigenvalue weighted by molar-refractivity contribution is 0.0259. The summed E-state index contributed by atoms with van der Waals surface area (Å²) in [4.78, 5) is 10.8. The van der Waals surface area contributed by atoms with Gasteiger partial charge in [0.1, 0.15) is 22.4 Å². The first-order valence-electron chi connectivity index (χ1n) is 5.71. The molecule has 0 spiro atoms. The number of carbonyl (C=O) groups excluding carboxylic acids is 1. The molecule has 1 saturated heterocycles. The lowest BCUT2D eigenvalue weighted by Gasteiger charge is -2.13. The first-order valence-corrected chi connectivity index (χ1v) is 8.04. The Morgan fingerprint density at radius 2 is 2.14 bits per heavy atom. The molecule has 10 heteroatoms. The molecular weight excluding hydrogens is 376 g/mol. The maximum Gasteiger partial charge on any atom is 0.344 e. The molecule has 2 rings (SSSR count). The van der Waals surface area contributed by atoms with Crippen molar-refractivity contribution in [3.63, 3.8) is 0 Å². The summed E-state index contributed by atoms with van der Waals surface area (Å²) in [6, 6.07) is 0.643. The number of benzene rings is 1. The van der Waals surface area contributed by atoms with Gasteiger partial charge in [0.15, 0.2) is 5.82 Å². The fourth-order valence-corrected chi connectivity index (χ4v) is 3.57. The molecule has 1 fully saturated rings. The van der Waals surface area contributed by atoms with Crippen LogP contribution in [0, 0.1) is 11.6 Å². The Balaban J connectivity index is 2.45. The second-order valence-electron chi connectivity index (χ2n) is 4.29. The van der Waals surface area contributed by atoms with E-state index in [0.717, 1.165) is 0 Å². The third kappa shape index (κ3) is 3.39. The van der Waals surface area contributed by atoms with Gasteiger partial charge < -0.3 is 9.47 Å². The molecule has 0 radical (unpaired) electrons. The zero-order chi connectivity index (χ0) is 15.8. The van der Waals surface area contributed by atoms with Crippen molar-refractivity contribution >= 4 is 31.9 Å². The van der Waals surface area contributed by atoms with Crippen LogP contribution in [0.2, 0.25) is 0 Å². The highest BCUT2D eigenvalue weighted by molar-refractivity contribution is 9.10. The van der Waals surface area contributed by atoms with E-state index in [9.17, 15) is 22.0 Å². The van der Waals surface area contributed by atoms with E-state index in [2.05, 4.69) is 15.9 Å². The molecule has 0 aromatic heterocycles. The van der Waals surface area contributed by atoms with Crippen molar-refractivity contribution in [1.29, 1.82) is 0 Å². The summed E-state index contributed by atoms with van der Waals surface area (Å²) < 4.78 is 60.0. The average molecular weight is 386 g/mol. The van der Waals surface area contributed by atoms with Crippen LogP contribution in [0.4, 0.5) is 8.78 Å². The number of esters is 1. The predicted octanol–water partition coefficient (Wildman–Crippen LogP) is 1.32. The highest BCUT2D eigenvalue weighted by Crippen LogP contribution is 2.29. The Kier molecular flexibility index (Phi) is 4.61. The molecule has 1 atom stereocenters. The zero-order valence-electron chi connectivity index (χ0n) is 10.4. The van der Waals surface area contributed by atoms with E-state index in [-0.39, 0.29) is 6.61 Å². The molecule has 6 nitrogen and oxygen atoms in total.